The lowest BCUT2D eigenvalue weighted by Gasteiger charge is -2.24. The number of aromatic nitrogens is 3. The minimum atomic E-state index is -0.143. The van der Waals surface area contributed by atoms with Crippen LogP contribution in [-0.2, 0) is 5.41 Å². The van der Waals surface area contributed by atoms with Crippen LogP contribution >= 0.6 is 0 Å². The Labute approximate surface area is 215 Å². The first-order valence-corrected chi connectivity index (χ1v) is 12.8. The summed E-state index contributed by atoms with van der Waals surface area (Å²) in [5.74, 6) is 1.87. The lowest BCUT2D eigenvalue weighted by atomic mass is 9.85. The van der Waals surface area contributed by atoms with Gasteiger partial charge in [0.2, 0.25) is 0 Å². The van der Waals surface area contributed by atoms with Gasteiger partial charge in [0.05, 0.1) is 16.6 Å². The number of hydrogen-bond acceptors (Lipinski definition) is 1. The van der Waals surface area contributed by atoms with Gasteiger partial charge in [0, 0.05) is 32.8 Å². The summed E-state index contributed by atoms with van der Waals surface area (Å²) >= 11 is 0. The number of pyridine rings is 1. The van der Waals surface area contributed by atoms with Gasteiger partial charge in [0.15, 0.2) is 0 Å². The van der Waals surface area contributed by atoms with Crippen LogP contribution in [0.2, 0.25) is 0 Å². The molecule has 0 N–H and O–H groups in total. The molecule has 0 amide bonds. The summed E-state index contributed by atoms with van der Waals surface area (Å²) in [5.41, 5.74) is 8.74. The maximum Gasteiger partial charge on any atom is 0.140 e. The number of benzene rings is 4. The predicted molar refractivity (Wildman–Crippen MR) is 153 cm³/mol. The third-order valence-electron chi connectivity index (χ3n) is 8.09. The fourth-order valence-electron chi connectivity index (χ4n) is 6.55. The Bertz CT molecular complexity index is 1970. The maximum absolute atomic E-state index is 5.34. The summed E-state index contributed by atoms with van der Waals surface area (Å²) in [4.78, 5) is 5.34. The zero-order valence-electron chi connectivity index (χ0n) is 20.8. The largest absolute Gasteiger partial charge is 0.297 e. The third kappa shape index (κ3) is 2.63. The van der Waals surface area contributed by atoms with E-state index in [4.69, 9.17) is 4.98 Å². The Kier molecular flexibility index (Phi) is 4.00. The van der Waals surface area contributed by atoms with Gasteiger partial charge in [0.1, 0.15) is 11.6 Å². The molecule has 0 saturated carbocycles. The number of fused-ring (bicyclic) bond motifs is 8. The molecule has 0 atom stereocenters. The van der Waals surface area contributed by atoms with Crippen LogP contribution in [0.4, 0.5) is 0 Å². The van der Waals surface area contributed by atoms with Crippen molar-refractivity contribution in [1.29, 1.82) is 0 Å². The first-order chi connectivity index (χ1) is 18.1. The highest BCUT2D eigenvalue weighted by atomic mass is 15.1. The molecule has 3 aromatic heterocycles. The molecule has 176 valence electrons. The second-order valence-electron chi connectivity index (χ2n) is 10.5. The predicted octanol–water partition coefficient (Wildman–Crippen LogP) is 8.43. The van der Waals surface area contributed by atoms with Crippen LogP contribution < -0.4 is 0 Å². The zero-order chi connectivity index (χ0) is 24.7. The first-order valence-electron chi connectivity index (χ1n) is 12.8. The Morgan fingerprint density at radius 2 is 1.03 bits per heavy atom. The smallest absolute Gasteiger partial charge is 0.140 e. The second-order valence-corrected chi connectivity index (χ2v) is 10.5. The van der Waals surface area contributed by atoms with E-state index in [1.807, 2.05) is 0 Å². The SMILES string of the molecule is CC1(C)c2ccccc2-c2c1n(-c1cccc(-n3c4ccccc4c4ccccc43)n1)c1ccccc21. The Morgan fingerprint density at radius 1 is 0.514 bits per heavy atom. The lowest BCUT2D eigenvalue weighted by molar-refractivity contribution is 0.621. The summed E-state index contributed by atoms with van der Waals surface area (Å²) in [5, 5.41) is 3.77. The van der Waals surface area contributed by atoms with Crippen LogP contribution in [0.25, 0.3) is 55.5 Å². The third-order valence-corrected chi connectivity index (χ3v) is 8.09. The van der Waals surface area contributed by atoms with E-state index in [1.54, 1.807) is 0 Å². The van der Waals surface area contributed by atoms with Crippen LogP contribution in [0.5, 0.6) is 0 Å². The number of rotatable bonds is 2. The van der Waals surface area contributed by atoms with E-state index in [0.717, 1.165) is 11.6 Å². The van der Waals surface area contributed by atoms with Crippen molar-refractivity contribution in [2.45, 2.75) is 19.3 Å². The molecule has 0 saturated heterocycles. The summed E-state index contributed by atoms with van der Waals surface area (Å²) in [6, 6.07) is 41.2. The zero-order valence-corrected chi connectivity index (χ0v) is 20.8. The van der Waals surface area contributed by atoms with E-state index in [9.17, 15) is 0 Å². The Balaban J connectivity index is 1.45. The van der Waals surface area contributed by atoms with E-state index in [2.05, 4.69) is 138 Å². The molecule has 0 spiro atoms. The van der Waals surface area contributed by atoms with Gasteiger partial charge in [-0.3, -0.25) is 9.13 Å². The van der Waals surface area contributed by atoms with Gasteiger partial charge < -0.3 is 0 Å². The summed E-state index contributed by atoms with van der Waals surface area (Å²) < 4.78 is 4.68. The van der Waals surface area contributed by atoms with Gasteiger partial charge in [-0.2, -0.15) is 0 Å². The van der Waals surface area contributed by atoms with Crippen molar-refractivity contribution in [3.8, 4) is 22.8 Å². The van der Waals surface area contributed by atoms with Gasteiger partial charge in [-0.25, -0.2) is 4.98 Å². The molecule has 3 heteroatoms. The molecule has 3 nitrogen and oxygen atoms in total. The summed E-state index contributed by atoms with van der Waals surface area (Å²) in [6.07, 6.45) is 0. The fourth-order valence-corrected chi connectivity index (χ4v) is 6.55. The molecule has 0 fully saturated rings. The highest BCUT2D eigenvalue weighted by Gasteiger charge is 2.40. The molecular formula is C34H25N3. The minimum Gasteiger partial charge on any atom is -0.297 e. The molecule has 1 aliphatic carbocycles. The second kappa shape index (κ2) is 7.21. The number of hydrogen-bond donors (Lipinski definition) is 0. The molecule has 0 unspecified atom stereocenters. The molecule has 0 radical (unpaired) electrons. The van der Waals surface area contributed by atoms with Crippen LogP contribution in [0.3, 0.4) is 0 Å². The Morgan fingerprint density at radius 3 is 1.70 bits per heavy atom. The van der Waals surface area contributed by atoms with Gasteiger partial charge in [-0.1, -0.05) is 98.8 Å². The first kappa shape index (κ1) is 20.6. The number of para-hydroxylation sites is 3. The van der Waals surface area contributed by atoms with E-state index in [-0.39, 0.29) is 5.41 Å². The summed E-state index contributed by atoms with van der Waals surface area (Å²) in [7, 11) is 0. The maximum atomic E-state index is 5.34. The van der Waals surface area contributed by atoms with Crippen LogP contribution in [0.15, 0.2) is 115 Å². The average molecular weight is 476 g/mol. The van der Waals surface area contributed by atoms with Crippen molar-refractivity contribution >= 4 is 32.7 Å². The van der Waals surface area contributed by atoms with Crippen molar-refractivity contribution in [3.63, 3.8) is 0 Å². The van der Waals surface area contributed by atoms with E-state index >= 15 is 0 Å². The number of nitrogens with zero attached hydrogens (tertiary/aromatic N) is 3. The van der Waals surface area contributed by atoms with Crippen molar-refractivity contribution < 1.29 is 0 Å². The molecule has 37 heavy (non-hydrogen) atoms. The molecule has 0 bridgehead atoms. The van der Waals surface area contributed by atoms with Crippen molar-refractivity contribution in [2.24, 2.45) is 0 Å². The molecular weight excluding hydrogens is 450 g/mol. The van der Waals surface area contributed by atoms with Crippen molar-refractivity contribution in [2.75, 3.05) is 0 Å². The van der Waals surface area contributed by atoms with Crippen molar-refractivity contribution in [3.05, 3.63) is 127 Å². The van der Waals surface area contributed by atoms with Crippen LogP contribution in [-0.4, -0.2) is 14.1 Å². The van der Waals surface area contributed by atoms with E-state index in [1.165, 1.54) is 55.1 Å². The van der Waals surface area contributed by atoms with E-state index < -0.39 is 0 Å². The molecule has 8 rings (SSSR count). The fraction of sp³-hybridized carbons (Fsp3) is 0.0882. The molecule has 1 aliphatic rings. The normalized spacial score (nSPS) is 13.9. The molecule has 0 aliphatic heterocycles. The van der Waals surface area contributed by atoms with Gasteiger partial charge in [0.25, 0.3) is 0 Å². The van der Waals surface area contributed by atoms with Gasteiger partial charge >= 0.3 is 0 Å². The quantitative estimate of drug-likeness (QED) is 0.246. The molecule has 4 aromatic carbocycles. The van der Waals surface area contributed by atoms with Crippen molar-refractivity contribution in [1.82, 2.24) is 14.1 Å². The Hall–Kier alpha value is -4.63. The lowest BCUT2D eigenvalue weighted by Crippen LogP contribution is -2.20. The minimum absolute atomic E-state index is 0.143. The highest BCUT2D eigenvalue weighted by Crippen LogP contribution is 2.53. The molecule has 3 heterocycles. The highest BCUT2D eigenvalue weighted by molar-refractivity contribution is 6.09. The van der Waals surface area contributed by atoms with Crippen LogP contribution in [0.1, 0.15) is 25.1 Å². The standard InChI is InChI=1S/C34H25N3/c1-34(2)26-16-7-3-14-24(26)32-25-15-6-10-19-29(25)37(33(32)34)31-21-11-20-30(35-31)36-27-17-8-4-12-22(27)23-13-5-9-18-28(23)36/h3-21H,1-2H3. The topological polar surface area (TPSA) is 22.8 Å². The molecule has 7 aromatic rings. The van der Waals surface area contributed by atoms with E-state index in [0.29, 0.717) is 0 Å². The van der Waals surface area contributed by atoms with Crippen LogP contribution in [0, 0.1) is 0 Å². The van der Waals surface area contributed by atoms with Gasteiger partial charge in [-0.15, -0.1) is 0 Å². The average Bonchev–Trinajstić information content (AvgIpc) is 3.54. The monoisotopic (exact) mass is 475 g/mol. The summed E-state index contributed by atoms with van der Waals surface area (Å²) in [6.45, 7) is 4.67. The van der Waals surface area contributed by atoms with Gasteiger partial charge in [-0.05, 0) is 41.5 Å².